The molecule has 0 aliphatic heterocycles. The van der Waals surface area contributed by atoms with E-state index in [-0.39, 0.29) is 16.9 Å². The molecule has 3 saturated carbocycles. The molecule has 1 unspecified atom stereocenters. The zero-order valence-electron chi connectivity index (χ0n) is 15.0. The first kappa shape index (κ1) is 15.9. The van der Waals surface area contributed by atoms with Crippen molar-refractivity contribution in [2.45, 2.75) is 84.7 Å². The van der Waals surface area contributed by atoms with Crippen molar-refractivity contribution in [2.24, 2.45) is 28.6 Å². The summed E-state index contributed by atoms with van der Waals surface area (Å²) >= 11 is 0. The van der Waals surface area contributed by atoms with Gasteiger partial charge in [-0.25, -0.2) is 0 Å². The summed E-state index contributed by atoms with van der Waals surface area (Å²) in [4.78, 5) is 12.4. The number of hydrogen-bond acceptors (Lipinski definition) is 2. The number of fused-ring (bicyclic) bond motifs is 5. The number of aliphatic hydroxyl groups is 1. The molecule has 4 rings (SSSR count). The highest BCUT2D eigenvalue weighted by atomic mass is 16.3. The number of allylic oxidation sites excluding steroid dienone is 1. The third-order valence-corrected chi connectivity index (χ3v) is 8.55. The van der Waals surface area contributed by atoms with E-state index in [1.165, 1.54) is 36.8 Å². The topological polar surface area (TPSA) is 37.3 Å². The van der Waals surface area contributed by atoms with Crippen LogP contribution in [0.3, 0.4) is 0 Å². The van der Waals surface area contributed by atoms with Crippen LogP contribution < -0.4 is 0 Å². The molecule has 0 spiro atoms. The summed E-state index contributed by atoms with van der Waals surface area (Å²) in [5.41, 5.74) is 3.13. The molecule has 1 N–H and O–H groups in total. The maximum Gasteiger partial charge on any atom is 0.158 e. The smallest absolute Gasteiger partial charge is 0.158 e. The molecule has 6 atom stereocenters. The fraction of sp³-hybridized carbons (Fsp3) is 0.857. The molecule has 0 radical (unpaired) electrons. The molecule has 2 nitrogen and oxygen atoms in total. The lowest BCUT2D eigenvalue weighted by atomic mass is 9.46. The standard InChI is InChI=1S/C21H32O2/c1-4-13-15-6-5-14-16-7-8-19(23)21(16,3)11-9-17(14)20(15,2)12-10-18(13)22/h14,16-17,19,23H,4-12H2,1-3H3/t14-,16-,17+,19?,20-,21-/m0/s1. The average molecular weight is 316 g/mol. The summed E-state index contributed by atoms with van der Waals surface area (Å²) in [5, 5.41) is 10.5. The fourth-order valence-corrected chi connectivity index (χ4v) is 7.21. The van der Waals surface area contributed by atoms with Crippen LogP contribution in [0.4, 0.5) is 0 Å². The average Bonchev–Trinajstić information content (AvgIpc) is 2.83. The van der Waals surface area contributed by atoms with E-state index >= 15 is 0 Å². The molecule has 0 bridgehead atoms. The van der Waals surface area contributed by atoms with Crippen molar-refractivity contribution in [3.63, 3.8) is 0 Å². The highest BCUT2D eigenvalue weighted by molar-refractivity contribution is 5.97. The quantitative estimate of drug-likeness (QED) is 0.764. The van der Waals surface area contributed by atoms with Gasteiger partial charge in [0.15, 0.2) is 5.78 Å². The van der Waals surface area contributed by atoms with Gasteiger partial charge in [0.2, 0.25) is 0 Å². The Labute approximate surface area is 140 Å². The first-order chi connectivity index (χ1) is 10.9. The second-order valence-corrected chi connectivity index (χ2v) is 9.20. The number of hydrogen-bond donors (Lipinski definition) is 1. The van der Waals surface area contributed by atoms with Crippen LogP contribution in [-0.4, -0.2) is 17.0 Å². The van der Waals surface area contributed by atoms with Crippen molar-refractivity contribution in [1.29, 1.82) is 0 Å². The summed E-state index contributed by atoms with van der Waals surface area (Å²) < 4.78 is 0. The Morgan fingerprint density at radius 3 is 2.57 bits per heavy atom. The largest absolute Gasteiger partial charge is 0.393 e. The molecule has 0 aromatic rings. The lowest BCUT2D eigenvalue weighted by Crippen LogP contribution is -2.51. The molecule has 0 aromatic heterocycles. The van der Waals surface area contributed by atoms with Gasteiger partial charge in [0.05, 0.1) is 6.10 Å². The minimum absolute atomic E-state index is 0.0858. The summed E-state index contributed by atoms with van der Waals surface area (Å²) in [7, 11) is 0. The van der Waals surface area contributed by atoms with E-state index in [1.807, 2.05) is 0 Å². The molecule has 0 amide bonds. The van der Waals surface area contributed by atoms with Gasteiger partial charge in [0.25, 0.3) is 0 Å². The highest BCUT2D eigenvalue weighted by Crippen LogP contribution is 2.65. The number of rotatable bonds is 1. The van der Waals surface area contributed by atoms with Crippen molar-refractivity contribution in [3.05, 3.63) is 11.1 Å². The number of ketones is 1. The van der Waals surface area contributed by atoms with Gasteiger partial charge < -0.3 is 5.11 Å². The van der Waals surface area contributed by atoms with Crippen molar-refractivity contribution in [2.75, 3.05) is 0 Å². The van der Waals surface area contributed by atoms with Gasteiger partial charge in [-0.1, -0.05) is 26.3 Å². The minimum atomic E-state index is -0.0858. The molecule has 23 heavy (non-hydrogen) atoms. The van der Waals surface area contributed by atoms with Crippen molar-refractivity contribution >= 4 is 5.78 Å². The fourth-order valence-electron chi connectivity index (χ4n) is 7.21. The summed E-state index contributed by atoms with van der Waals surface area (Å²) in [6, 6.07) is 0. The number of carbonyl (C=O) groups excluding carboxylic acids is 1. The zero-order valence-corrected chi connectivity index (χ0v) is 15.0. The lowest BCUT2D eigenvalue weighted by molar-refractivity contribution is -0.119. The van der Waals surface area contributed by atoms with Gasteiger partial charge in [0, 0.05) is 6.42 Å². The van der Waals surface area contributed by atoms with E-state index < -0.39 is 0 Å². The summed E-state index contributed by atoms with van der Waals surface area (Å²) in [5.74, 6) is 2.64. The second kappa shape index (κ2) is 5.18. The van der Waals surface area contributed by atoms with Crippen molar-refractivity contribution in [3.8, 4) is 0 Å². The first-order valence-corrected chi connectivity index (χ1v) is 9.85. The molecule has 2 heteroatoms. The van der Waals surface area contributed by atoms with Crippen LogP contribution in [0.1, 0.15) is 78.6 Å². The highest BCUT2D eigenvalue weighted by Gasteiger charge is 2.59. The third kappa shape index (κ3) is 2.00. The maximum absolute atomic E-state index is 12.4. The monoisotopic (exact) mass is 316 g/mol. The molecule has 0 saturated heterocycles. The van der Waals surface area contributed by atoms with Crippen LogP contribution in [0.15, 0.2) is 11.1 Å². The van der Waals surface area contributed by atoms with E-state index in [4.69, 9.17) is 0 Å². The van der Waals surface area contributed by atoms with Gasteiger partial charge in [0.1, 0.15) is 0 Å². The van der Waals surface area contributed by atoms with Gasteiger partial charge in [-0.15, -0.1) is 0 Å². The SMILES string of the molecule is CCC1=C2CC[C@@H]3[C@@H](CC[C@]4(C)C(O)CC[C@@H]34)[C@@]2(C)CCC1=O. The van der Waals surface area contributed by atoms with E-state index in [0.29, 0.717) is 11.7 Å². The van der Waals surface area contributed by atoms with Crippen LogP contribution in [0.5, 0.6) is 0 Å². The van der Waals surface area contributed by atoms with Crippen molar-refractivity contribution in [1.82, 2.24) is 0 Å². The molecular formula is C21H32O2. The van der Waals surface area contributed by atoms with E-state index in [2.05, 4.69) is 20.8 Å². The molecule has 4 aliphatic rings. The molecule has 128 valence electrons. The molecule has 0 heterocycles. The Hall–Kier alpha value is -0.630. The predicted molar refractivity (Wildman–Crippen MR) is 92.0 cm³/mol. The summed E-state index contributed by atoms with van der Waals surface area (Å²) in [6.07, 6.45) is 9.69. The number of aliphatic hydroxyl groups excluding tert-OH is 1. The van der Waals surface area contributed by atoms with Crippen LogP contribution in [0.2, 0.25) is 0 Å². The Morgan fingerprint density at radius 1 is 1.04 bits per heavy atom. The Kier molecular flexibility index (Phi) is 3.58. The second-order valence-electron chi connectivity index (χ2n) is 9.20. The number of carbonyl (C=O) groups is 1. The normalized spacial score (nSPS) is 49.7. The van der Waals surface area contributed by atoms with Gasteiger partial charge in [-0.05, 0) is 85.5 Å². The van der Waals surface area contributed by atoms with Gasteiger partial charge in [-0.2, -0.15) is 0 Å². The predicted octanol–water partition coefficient (Wildman–Crippen LogP) is 4.66. The molecular weight excluding hydrogens is 284 g/mol. The van der Waals surface area contributed by atoms with E-state index in [1.54, 1.807) is 0 Å². The molecule has 0 aromatic carbocycles. The van der Waals surface area contributed by atoms with Crippen LogP contribution in [0, 0.1) is 28.6 Å². The van der Waals surface area contributed by atoms with Crippen molar-refractivity contribution < 1.29 is 9.90 Å². The Balaban J connectivity index is 1.72. The third-order valence-electron chi connectivity index (χ3n) is 8.55. The molecule has 4 aliphatic carbocycles. The Morgan fingerprint density at radius 2 is 1.83 bits per heavy atom. The molecule has 3 fully saturated rings. The van der Waals surface area contributed by atoms with Crippen LogP contribution in [0.25, 0.3) is 0 Å². The zero-order chi connectivity index (χ0) is 16.4. The first-order valence-electron chi connectivity index (χ1n) is 9.85. The van der Waals surface area contributed by atoms with Crippen LogP contribution in [-0.2, 0) is 4.79 Å². The Bertz CT molecular complexity index is 562. The van der Waals surface area contributed by atoms with Gasteiger partial charge in [-0.3, -0.25) is 4.79 Å². The maximum atomic E-state index is 12.4. The summed E-state index contributed by atoms with van der Waals surface area (Å²) in [6.45, 7) is 6.97. The van der Waals surface area contributed by atoms with Crippen LogP contribution >= 0.6 is 0 Å². The van der Waals surface area contributed by atoms with E-state index in [9.17, 15) is 9.90 Å². The number of Topliss-reactive ketones (excluding diaryl/α,β-unsaturated/α-hetero) is 1. The van der Waals surface area contributed by atoms with Gasteiger partial charge >= 0.3 is 0 Å². The minimum Gasteiger partial charge on any atom is -0.393 e. The lowest BCUT2D eigenvalue weighted by Gasteiger charge is -2.58. The van der Waals surface area contributed by atoms with E-state index in [0.717, 1.165) is 43.9 Å².